The first-order valence-electron chi connectivity index (χ1n) is 8.97. The zero-order valence-corrected chi connectivity index (χ0v) is 15.6. The molecule has 1 amide bonds. The minimum absolute atomic E-state index is 0.0761. The standard InChI is InChI=1S/C21H15N5O4/c27-21(14-7-9-17(10-8-14)26(28)29)23-18-6-2-1-4-15(18)12-19-24-20(25-30-19)16-5-3-11-22-13-16/h1-11,13H,12H2,(H,23,27). The maximum atomic E-state index is 12.5. The fourth-order valence-electron chi connectivity index (χ4n) is 2.83. The van der Waals surface area contributed by atoms with E-state index in [-0.39, 0.29) is 11.6 Å². The van der Waals surface area contributed by atoms with Crippen LogP contribution in [0.25, 0.3) is 11.4 Å². The fraction of sp³-hybridized carbons (Fsp3) is 0.0476. The first-order chi connectivity index (χ1) is 14.6. The summed E-state index contributed by atoms with van der Waals surface area (Å²) in [6.45, 7) is 0. The van der Waals surface area contributed by atoms with Gasteiger partial charge in [-0.3, -0.25) is 19.9 Å². The number of aromatic nitrogens is 3. The molecule has 0 fully saturated rings. The first kappa shape index (κ1) is 18.9. The molecule has 9 nitrogen and oxygen atoms in total. The number of nitro groups is 1. The number of pyridine rings is 1. The van der Waals surface area contributed by atoms with Gasteiger partial charge < -0.3 is 9.84 Å². The van der Waals surface area contributed by atoms with Gasteiger partial charge in [-0.25, -0.2) is 0 Å². The van der Waals surface area contributed by atoms with E-state index in [0.717, 1.165) is 11.1 Å². The predicted molar refractivity (Wildman–Crippen MR) is 108 cm³/mol. The molecule has 0 saturated carbocycles. The Kier molecular flexibility index (Phi) is 5.25. The third-order valence-corrected chi connectivity index (χ3v) is 4.34. The van der Waals surface area contributed by atoms with Gasteiger partial charge >= 0.3 is 0 Å². The van der Waals surface area contributed by atoms with E-state index < -0.39 is 4.92 Å². The first-order valence-corrected chi connectivity index (χ1v) is 8.97. The van der Waals surface area contributed by atoms with Crippen molar-refractivity contribution in [2.75, 3.05) is 5.32 Å². The quantitative estimate of drug-likeness (QED) is 0.384. The average molecular weight is 401 g/mol. The van der Waals surface area contributed by atoms with E-state index in [1.807, 2.05) is 18.2 Å². The highest BCUT2D eigenvalue weighted by atomic mass is 16.6. The van der Waals surface area contributed by atoms with E-state index in [9.17, 15) is 14.9 Å². The summed E-state index contributed by atoms with van der Waals surface area (Å²) in [6, 6.07) is 16.3. The number of nitrogens with one attached hydrogen (secondary N) is 1. The molecule has 0 bridgehead atoms. The SMILES string of the molecule is O=C(Nc1ccccc1Cc1nc(-c2cccnc2)no1)c1ccc([N+](=O)[O-])cc1. The Morgan fingerprint density at radius 1 is 1.07 bits per heavy atom. The number of non-ortho nitro benzene ring substituents is 1. The second kappa shape index (κ2) is 8.31. The summed E-state index contributed by atoms with van der Waals surface area (Å²) >= 11 is 0. The Morgan fingerprint density at radius 2 is 1.87 bits per heavy atom. The number of para-hydroxylation sites is 1. The lowest BCUT2D eigenvalue weighted by Gasteiger charge is -2.09. The second-order valence-corrected chi connectivity index (χ2v) is 6.35. The number of amides is 1. The van der Waals surface area contributed by atoms with Gasteiger partial charge in [0.25, 0.3) is 11.6 Å². The Balaban J connectivity index is 1.51. The van der Waals surface area contributed by atoms with Gasteiger partial charge in [0, 0.05) is 41.3 Å². The molecule has 2 aromatic carbocycles. The second-order valence-electron chi connectivity index (χ2n) is 6.35. The molecule has 30 heavy (non-hydrogen) atoms. The molecule has 4 aromatic rings. The van der Waals surface area contributed by atoms with Crippen molar-refractivity contribution in [3.05, 3.63) is 100 Å². The summed E-state index contributed by atoms with van der Waals surface area (Å²) in [5, 5.41) is 17.6. The van der Waals surface area contributed by atoms with Crippen molar-refractivity contribution in [1.29, 1.82) is 0 Å². The van der Waals surface area contributed by atoms with Gasteiger partial charge in [-0.2, -0.15) is 4.98 Å². The smallest absolute Gasteiger partial charge is 0.269 e. The van der Waals surface area contributed by atoms with E-state index >= 15 is 0 Å². The summed E-state index contributed by atoms with van der Waals surface area (Å²) in [7, 11) is 0. The summed E-state index contributed by atoms with van der Waals surface area (Å²) in [4.78, 5) is 31.2. The van der Waals surface area contributed by atoms with Crippen LogP contribution in [-0.2, 0) is 6.42 Å². The van der Waals surface area contributed by atoms with Crippen LogP contribution in [0.15, 0.2) is 77.6 Å². The van der Waals surface area contributed by atoms with Gasteiger partial charge in [-0.1, -0.05) is 23.4 Å². The van der Waals surface area contributed by atoms with Crippen molar-refractivity contribution in [3.63, 3.8) is 0 Å². The van der Waals surface area contributed by atoms with Crippen molar-refractivity contribution < 1.29 is 14.2 Å². The average Bonchev–Trinajstić information content (AvgIpc) is 3.24. The molecule has 0 aliphatic rings. The van der Waals surface area contributed by atoms with E-state index in [2.05, 4.69) is 20.4 Å². The molecule has 2 heterocycles. The summed E-state index contributed by atoms with van der Waals surface area (Å²) in [5.41, 5.74) is 2.35. The highest BCUT2D eigenvalue weighted by Gasteiger charge is 2.14. The Bertz CT molecular complexity index is 1190. The number of anilines is 1. The van der Waals surface area contributed by atoms with E-state index in [0.29, 0.717) is 29.4 Å². The van der Waals surface area contributed by atoms with Crippen LogP contribution < -0.4 is 5.32 Å². The molecule has 0 aliphatic heterocycles. The molecule has 2 aromatic heterocycles. The van der Waals surface area contributed by atoms with E-state index in [1.165, 1.54) is 24.3 Å². The van der Waals surface area contributed by atoms with Crippen LogP contribution in [-0.4, -0.2) is 26.0 Å². The zero-order valence-electron chi connectivity index (χ0n) is 15.6. The van der Waals surface area contributed by atoms with Crippen LogP contribution in [0.1, 0.15) is 21.8 Å². The molecule has 148 valence electrons. The highest BCUT2D eigenvalue weighted by Crippen LogP contribution is 2.22. The number of nitro benzene ring substituents is 1. The van der Waals surface area contributed by atoms with Gasteiger partial charge in [0.15, 0.2) is 0 Å². The molecular weight excluding hydrogens is 386 g/mol. The fourth-order valence-corrected chi connectivity index (χ4v) is 2.83. The van der Waals surface area contributed by atoms with Gasteiger partial charge in [0.1, 0.15) is 0 Å². The van der Waals surface area contributed by atoms with Crippen molar-refractivity contribution in [1.82, 2.24) is 15.1 Å². The van der Waals surface area contributed by atoms with Crippen LogP contribution >= 0.6 is 0 Å². The minimum atomic E-state index is -0.513. The summed E-state index contributed by atoms with van der Waals surface area (Å²) < 4.78 is 5.34. The number of hydrogen-bond acceptors (Lipinski definition) is 7. The largest absolute Gasteiger partial charge is 0.339 e. The van der Waals surface area contributed by atoms with Crippen LogP contribution in [0.2, 0.25) is 0 Å². The Labute approximate surface area is 170 Å². The molecule has 0 atom stereocenters. The third-order valence-electron chi connectivity index (χ3n) is 4.34. The zero-order chi connectivity index (χ0) is 20.9. The van der Waals surface area contributed by atoms with Gasteiger partial charge in [0.05, 0.1) is 11.3 Å². The van der Waals surface area contributed by atoms with E-state index in [4.69, 9.17) is 4.52 Å². The monoisotopic (exact) mass is 401 g/mol. The number of nitrogens with zero attached hydrogens (tertiary/aromatic N) is 4. The molecule has 0 unspecified atom stereocenters. The van der Waals surface area contributed by atoms with Crippen LogP contribution in [0.5, 0.6) is 0 Å². The lowest BCUT2D eigenvalue weighted by atomic mass is 10.1. The maximum absolute atomic E-state index is 12.5. The lowest BCUT2D eigenvalue weighted by molar-refractivity contribution is -0.384. The van der Waals surface area contributed by atoms with Gasteiger partial charge in [-0.15, -0.1) is 0 Å². The number of carbonyl (C=O) groups is 1. The van der Waals surface area contributed by atoms with Crippen molar-refractivity contribution in [2.45, 2.75) is 6.42 Å². The number of hydrogen-bond donors (Lipinski definition) is 1. The van der Waals surface area contributed by atoms with Gasteiger partial charge in [-0.05, 0) is 35.9 Å². The van der Waals surface area contributed by atoms with Crippen LogP contribution in [0.4, 0.5) is 11.4 Å². The van der Waals surface area contributed by atoms with E-state index in [1.54, 1.807) is 30.6 Å². The molecule has 0 saturated heterocycles. The van der Waals surface area contributed by atoms with Crippen LogP contribution in [0.3, 0.4) is 0 Å². The molecule has 4 rings (SSSR count). The third kappa shape index (κ3) is 4.20. The van der Waals surface area contributed by atoms with Crippen molar-refractivity contribution in [2.24, 2.45) is 0 Å². The summed E-state index contributed by atoms with van der Waals surface area (Å²) in [6.07, 6.45) is 3.63. The van der Waals surface area contributed by atoms with Crippen LogP contribution in [0, 0.1) is 10.1 Å². The molecule has 9 heteroatoms. The van der Waals surface area contributed by atoms with Gasteiger partial charge in [0.2, 0.25) is 11.7 Å². The molecule has 0 aliphatic carbocycles. The highest BCUT2D eigenvalue weighted by molar-refractivity contribution is 6.04. The Morgan fingerprint density at radius 3 is 2.60 bits per heavy atom. The predicted octanol–water partition coefficient (Wildman–Crippen LogP) is 3.88. The van der Waals surface area contributed by atoms with Crippen molar-refractivity contribution >= 4 is 17.3 Å². The van der Waals surface area contributed by atoms with Crippen molar-refractivity contribution in [3.8, 4) is 11.4 Å². The topological polar surface area (TPSA) is 124 Å². The Hall–Kier alpha value is -4.40. The molecule has 1 N–H and O–H groups in total. The number of benzene rings is 2. The number of rotatable bonds is 6. The molecular formula is C21H15N5O4. The maximum Gasteiger partial charge on any atom is 0.269 e. The summed E-state index contributed by atoms with van der Waals surface area (Å²) in [5.74, 6) is 0.454. The lowest BCUT2D eigenvalue weighted by Crippen LogP contribution is -2.13. The normalized spacial score (nSPS) is 10.5. The number of carbonyl (C=O) groups excluding carboxylic acids is 1. The molecule has 0 spiro atoms. The molecule has 0 radical (unpaired) electrons. The minimum Gasteiger partial charge on any atom is -0.339 e.